The number of carbonyl (C=O) groups excluding carboxylic acids is 2. The van der Waals surface area contributed by atoms with Crippen LogP contribution in [0.4, 0.5) is 5.69 Å². The van der Waals surface area contributed by atoms with Gasteiger partial charge in [-0.1, -0.05) is 72.2 Å². The molecule has 1 heterocycles. The number of sulfonamides is 1. The molecular formula is C32H38BrN3O6S. The Morgan fingerprint density at radius 3 is 2.37 bits per heavy atom. The van der Waals surface area contributed by atoms with E-state index < -0.39 is 16.1 Å². The van der Waals surface area contributed by atoms with E-state index in [1.807, 2.05) is 68.4 Å². The molecule has 4 rings (SSSR count). The Bertz CT molecular complexity index is 1520. The summed E-state index contributed by atoms with van der Waals surface area (Å²) in [5.41, 5.74) is 2.24. The van der Waals surface area contributed by atoms with Gasteiger partial charge in [0.15, 0.2) is 11.5 Å². The summed E-state index contributed by atoms with van der Waals surface area (Å²) in [6, 6.07) is 21.5. The molecule has 11 heteroatoms. The minimum atomic E-state index is -3.65. The van der Waals surface area contributed by atoms with Crippen LogP contribution in [0.15, 0.2) is 77.3 Å². The molecule has 0 fully saturated rings. The number of ether oxygens (including phenoxy) is 2. The fraction of sp³-hybridized carbons (Fsp3) is 0.375. The normalized spacial score (nSPS) is 13.0. The number of amides is 2. The topological polar surface area (TPSA) is 105 Å². The van der Waals surface area contributed by atoms with Crippen LogP contribution in [0.3, 0.4) is 0 Å². The summed E-state index contributed by atoms with van der Waals surface area (Å²) >= 11 is 3.50. The number of hydrogen-bond acceptors (Lipinski definition) is 6. The van der Waals surface area contributed by atoms with Crippen LogP contribution in [-0.2, 0) is 32.6 Å². The van der Waals surface area contributed by atoms with Gasteiger partial charge in [0.1, 0.15) is 6.04 Å². The van der Waals surface area contributed by atoms with Crippen molar-refractivity contribution >= 4 is 43.5 Å². The minimum Gasteiger partial charge on any atom is -0.454 e. The molecule has 0 aliphatic carbocycles. The molecule has 3 aromatic carbocycles. The van der Waals surface area contributed by atoms with Crippen LogP contribution in [0.1, 0.15) is 37.8 Å². The van der Waals surface area contributed by atoms with E-state index >= 15 is 0 Å². The Hall–Kier alpha value is -3.57. The van der Waals surface area contributed by atoms with E-state index in [0.717, 1.165) is 21.9 Å². The number of nitrogens with one attached hydrogen (secondary N) is 1. The van der Waals surface area contributed by atoms with Crippen LogP contribution in [0.25, 0.3) is 0 Å². The summed E-state index contributed by atoms with van der Waals surface area (Å²) in [6.07, 6.45) is 1.78. The predicted octanol–water partition coefficient (Wildman–Crippen LogP) is 5.14. The number of benzene rings is 3. The lowest BCUT2D eigenvalue weighted by atomic mass is 10.0. The monoisotopic (exact) mass is 671 g/mol. The van der Waals surface area contributed by atoms with Gasteiger partial charge in [-0.05, 0) is 47.7 Å². The maximum atomic E-state index is 14.0. The van der Waals surface area contributed by atoms with Gasteiger partial charge in [-0.3, -0.25) is 13.9 Å². The van der Waals surface area contributed by atoms with Crippen molar-refractivity contribution in [2.45, 2.75) is 45.7 Å². The second-order valence-corrected chi connectivity index (χ2v) is 13.8. The van der Waals surface area contributed by atoms with Crippen molar-refractivity contribution in [3.05, 3.63) is 88.4 Å². The number of halogens is 1. The molecule has 0 bridgehead atoms. The highest BCUT2D eigenvalue weighted by atomic mass is 79.9. The van der Waals surface area contributed by atoms with Gasteiger partial charge in [0.25, 0.3) is 0 Å². The van der Waals surface area contributed by atoms with Crippen molar-refractivity contribution in [2.24, 2.45) is 5.92 Å². The molecule has 0 radical (unpaired) electrons. The zero-order chi connectivity index (χ0) is 31.0. The SMILES string of the molecule is CC(C)CNC(=O)C(Cc1ccccc1)N(Cc1cccc(Br)c1)C(=O)CCCN(c1ccc2c(c1)OCO2)S(C)(=O)=O. The maximum Gasteiger partial charge on any atom is 0.243 e. The van der Waals surface area contributed by atoms with Crippen LogP contribution >= 0.6 is 15.9 Å². The third-order valence-corrected chi connectivity index (χ3v) is 8.68. The second kappa shape index (κ2) is 14.7. The fourth-order valence-corrected chi connectivity index (χ4v) is 6.26. The first kappa shape index (κ1) is 32.3. The Labute approximate surface area is 262 Å². The molecule has 0 aromatic heterocycles. The molecule has 3 aromatic rings. The van der Waals surface area contributed by atoms with Gasteiger partial charge in [0, 0.05) is 43.0 Å². The van der Waals surface area contributed by atoms with Gasteiger partial charge < -0.3 is 19.7 Å². The Balaban J connectivity index is 1.57. The lowest BCUT2D eigenvalue weighted by Crippen LogP contribution is -2.51. The van der Waals surface area contributed by atoms with Crippen molar-refractivity contribution in [2.75, 3.05) is 30.4 Å². The molecule has 1 aliphatic heterocycles. The van der Waals surface area contributed by atoms with Crippen LogP contribution in [-0.4, -0.2) is 57.3 Å². The number of rotatable bonds is 14. The molecule has 43 heavy (non-hydrogen) atoms. The highest BCUT2D eigenvalue weighted by Gasteiger charge is 2.31. The van der Waals surface area contributed by atoms with Crippen molar-refractivity contribution < 1.29 is 27.5 Å². The van der Waals surface area contributed by atoms with Crippen molar-refractivity contribution in [3.8, 4) is 11.5 Å². The third-order valence-electron chi connectivity index (χ3n) is 6.99. The largest absolute Gasteiger partial charge is 0.454 e. The van der Waals surface area contributed by atoms with E-state index in [0.29, 0.717) is 30.2 Å². The van der Waals surface area contributed by atoms with Crippen molar-refractivity contribution in [1.82, 2.24) is 10.2 Å². The fourth-order valence-electron chi connectivity index (χ4n) is 4.85. The van der Waals surface area contributed by atoms with Gasteiger partial charge in [0.05, 0.1) is 11.9 Å². The lowest BCUT2D eigenvalue weighted by molar-refractivity contribution is -0.141. The molecule has 0 spiro atoms. The minimum absolute atomic E-state index is 0.0489. The quantitative estimate of drug-likeness (QED) is 0.255. The van der Waals surface area contributed by atoms with Gasteiger partial charge in [-0.25, -0.2) is 8.42 Å². The van der Waals surface area contributed by atoms with Crippen LogP contribution in [0, 0.1) is 5.92 Å². The van der Waals surface area contributed by atoms with E-state index in [1.54, 1.807) is 23.1 Å². The van der Waals surface area contributed by atoms with Gasteiger partial charge in [-0.2, -0.15) is 0 Å². The average Bonchev–Trinajstić information content (AvgIpc) is 3.44. The number of hydrogen-bond donors (Lipinski definition) is 1. The van der Waals surface area contributed by atoms with Crippen LogP contribution in [0.2, 0.25) is 0 Å². The number of nitrogens with zero attached hydrogens (tertiary/aromatic N) is 2. The van der Waals surface area contributed by atoms with E-state index in [4.69, 9.17) is 9.47 Å². The zero-order valence-electron chi connectivity index (χ0n) is 24.7. The van der Waals surface area contributed by atoms with E-state index in [2.05, 4.69) is 21.2 Å². The number of anilines is 1. The zero-order valence-corrected chi connectivity index (χ0v) is 27.1. The summed E-state index contributed by atoms with van der Waals surface area (Å²) in [4.78, 5) is 29.2. The second-order valence-electron chi connectivity index (χ2n) is 11.0. The van der Waals surface area contributed by atoms with Gasteiger partial charge in [-0.15, -0.1) is 0 Å². The first-order valence-electron chi connectivity index (χ1n) is 14.2. The summed E-state index contributed by atoms with van der Waals surface area (Å²) in [5.74, 6) is 0.807. The summed E-state index contributed by atoms with van der Waals surface area (Å²) in [7, 11) is -3.65. The summed E-state index contributed by atoms with van der Waals surface area (Å²) in [5, 5.41) is 3.02. The van der Waals surface area contributed by atoms with Crippen molar-refractivity contribution in [1.29, 1.82) is 0 Å². The molecule has 230 valence electrons. The number of fused-ring (bicyclic) bond motifs is 1. The molecule has 2 amide bonds. The maximum absolute atomic E-state index is 14.0. The standard InChI is InChI=1S/C32H38BrN3O6S/c1-23(2)20-34-32(38)28(18-24-9-5-4-6-10-24)35(21-25-11-7-12-26(33)17-25)31(37)13-8-16-36(43(3,39)40)27-14-15-29-30(19-27)42-22-41-29/h4-7,9-12,14-15,17,19,23,28H,8,13,16,18,20-22H2,1-3H3,(H,34,38). The molecular weight excluding hydrogens is 634 g/mol. The van der Waals surface area contributed by atoms with Gasteiger partial charge >= 0.3 is 0 Å². The highest BCUT2D eigenvalue weighted by molar-refractivity contribution is 9.10. The van der Waals surface area contributed by atoms with Crippen LogP contribution in [0.5, 0.6) is 11.5 Å². The van der Waals surface area contributed by atoms with Crippen LogP contribution < -0.4 is 19.1 Å². The Kier molecular flexibility index (Phi) is 11.1. The summed E-state index contributed by atoms with van der Waals surface area (Å²) < 4.78 is 38.4. The molecule has 0 saturated carbocycles. The molecule has 1 N–H and O–H groups in total. The Morgan fingerprint density at radius 2 is 1.67 bits per heavy atom. The molecule has 1 unspecified atom stereocenters. The third kappa shape index (κ3) is 9.21. The highest BCUT2D eigenvalue weighted by Crippen LogP contribution is 2.36. The molecule has 0 saturated heterocycles. The van der Waals surface area contributed by atoms with E-state index in [9.17, 15) is 18.0 Å². The van der Waals surface area contributed by atoms with Crippen molar-refractivity contribution in [3.63, 3.8) is 0 Å². The predicted molar refractivity (Wildman–Crippen MR) is 170 cm³/mol. The first-order valence-corrected chi connectivity index (χ1v) is 16.9. The molecule has 9 nitrogen and oxygen atoms in total. The number of carbonyl (C=O) groups is 2. The van der Waals surface area contributed by atoms with Gasteiger partial charge in [0.2, 0.25) is 28.6 Å². The van der Waals surface area contributed by atoms with E-state index in [1.165, 1.54) is 4.31 Å². The molecule has 1 atom stereocenters. The van der Waals surface area contributed by atoms with E-state index in [-0.39, 0.29) is 50.5 Å². The average molecular weight is 673 g/mol. The Morgan fingerprint density at radius 1 is 0.953 bits per heavy atom. The molecule has 1 aliphatic rings. The smallest absolute Gasteiger partial charge is 0.243 e. The summed E-state index contributed by atoms with van der Waals surface area (Å²) in [6.45, 7) is 4.91. The lowest BCUT2D eigenvalue weighted by Gasteiger charge is -2.32. The first-order chi connectivity index (χ1) is 20.5.